The van der Waals surface area contributed by atoms with Gasteiger partial charge in [0.1, 0.15) is 11.5 Å². The summed E-state index contributed by atoms with van der Waals surface area (Å²) in [6, 6.07) is 1.90. The largest absolute Gasteiger partial charge is 0.237 e. The summed E-state index contributed by atoms with van der Waals surface area (Å²) in [5.74, 6) is 3.41. The van der Waals surface area contributed by atoms with Gasteiger partial charge in [-0.25, -0.2) is 9.97 Å². The second-order valence-electron chi connectivity index (χ2n) is 6.11. The molecule has 0 unspecified atom stereocenters. The highest BCUT2D eigenvalue weighted by molar-refractivity contribution is 5.30. The van der Waals surface area contributed by atoms with Crippen LogP contribution in [0.2, 0.25) is 0 Å². The monoisotopic (exact) mass is 216 g/mol. The van der Waals surface area contributed by atoms with Crippen molar-refractivity contribution in [3.05, 3.63) is 23.3 Å². The molecule has 0 aromatic carbocycles. The molecule has 16 heavy (non-hydrogen) atoms. The topological polar surface area (TPSA) is 25.8 Å². The van der Waals surface area contributed by atoms with Crippen LogP contribution in [-0.4, -0.2) is 9.97 Å². The Morgan fingerprint density at radius 2 is 1.56 bits per heavy atom. The number of terminal acetylenes is 1. The van der Waals surface area contributed by atoms with Crippen LogP contribution in [-0.2, 0) is 10.8 Å². The van der Waals surface area contributed by atoms with E-state index in [1.807, 2.05) is 6.07 Å². The lowest BCUT2D eigenvalue weighted by Crippen LogP contribution is -2.22. The van der Waals surface area contributed by atoms with Crippen molar-refractivity contribution in [2.75, 3.05) is 0 Å². The van der Waals surface area contributed by atoms with Crippen molar-refractivity contribution in [3.8, 4) is 12.3 Å². The summed E-state index contributed by atoms with van der Waals surface area (Å²) in [5.41, 5.74) is 1.59. The predicted molar refractivity (Wildman–Crippen MR) is 67.4 cm³/mol. The fourth-order valence-electron chi connectivity index (χ4n) is 1.24. The first-order valence-corrected chi connectivity index (χ1v) is 5.51. The zero-order chi connectivity index (χ0) is 12.6. The molecule has 86 valence electrons. The summed E-state index contributed by atoms with van der Waals surface area (Å²) < 4.78 is 0. The van der Waals surface area contributed by atoms with Gasteiger partial charge in [-0.15, -0.1) is 6.42 Å². The SMILES string of the molecule is C#Cc1cc(C(C)(C)C)nc(C(C)(C)C)n1. The van der Waals surface area contributed by atoms with Gasteiger partial charge in [0, 0.05) is 10.8 Å². The molecule has 1 rings (SSSR count). The van der Waals surface area contributed by atoms with E-state index < -0.39 is 0 Å². The van der Waals surface area contributed by atoms with Gasteiger partial charge in [-0.05, 0) is 6.07 Å². The molecule has 1 aromatic rings. The summed E-state index contributed by atoms with van der Waals surface area (Å²) in [6.45, 7) is 12.7. The maximum Gasteiger partial charge on any atom is 0.135 e. The van der Waals surface area contributed by atoms with Gasteiger partial charge in [-0.2, -0.15) is 0 Å². The highest BCUT2D eigenvalue weighted by Gasteiger charge is 2.23. The minimum atomic E-state index is -0.0765. The summed E-state index contributed by atoms with van der Waals surface area (Å²) in [7, 11) is 0. The first-order chi connectivity index (χ1) is 7.14. The lowest BCUT2D eigenvalue weighted by atomic mass is 9.90. The van der Waals surface area contributed by atoms with Crippen molar-refractivity contribution in [3.63, 3.8) is 0 Å². The van der Waals surface area contributed by atoms with Gasteiger partial charge in [-0.3, -0.25) is 0 Å². The average Bonchev–Trinajstić information content (AvgIpc) is 2.14. The standard InChI is InChI=1S/C14H20N2/c1-8-10-9-11(13(2,3)4)16-12(15-10)14(5,6)7/h1,9H,2-7H3. The van der Waals surface area contributed by atoms with Crippen LogP contribution in [0, 0.1) is 12.3 Å². The second-order valence-corrected chi connectivity index (χ2v) is 6.11. The molecule has 0 spiro atoms. The molecule has 0 saturated heterocycles. The molecule has 0 fully saturated rings. The summed E-state index contributed by atoms with van der Waals surface area (Å²) in [4.78, 5) is 9.01. The van der Waals surface area contributed by atoms with Crippen molar-refractivity contribution < 1.29 is 0 Å². The smallest absolute Gasteiger partial charge is 0.135 e. The summed E-state index contributed by atoms with van der Waals surface area (Å²) >= 11 is 0. The minimum Gasteiger partial charge on any atom is -0.237 e. The zero-order valence-electron chi connectivity index (χ0n) is 11.0. The molecule has 0 amide bonds. The van der Waals surface area contributed by atoms with Gasteiger partial charge in [0.05, 0.1) is 5.69 Å². The highest BCUT2D eigenvalue weighted by atomic mass is 14.9. The molecular weight excluding hydrogens is 196 g/mol. The Morgan fingerprint density at radius 1 is 1.00 bits per heavy atom. The van der Waals surface area contributed by atoms with Crippen LogP contribution in [0.5, 0.6) is 0 Å². The zero-order valence-corrected chi connectivity index (χ0v) is 11.0. The van der Waals surface area contributed by atoms with Crippen molar-refractivity contribution in [1.29, 1.82) is 0 Å². The highest BCUT2D eigenvalue weighted by Crippen LogP contribution is 2.24. The lowest BCUT2D eigenvalue weighted by molar-refractivity contribution is 0.512. The molecule has 0 saturated carbocycles. The predicted octanol–water partition coefficient (Wildman–Crippen LogP) is 3.05. The molecule has 0 atom stereocenters. The summed E-state index contributed by atoms with van der Waals surface area (Å²) in [6.07, 6.45) is 5.43. The van der Waals surface area contributed by atoms with E-state index in [1.165, 1.54) is 0 Å². The Balaban J connectivity index is 3.41. The van der Waals surface area contributed by atoms with Crippen LogP contribution >= 0.6 is 0 Å². The van der Waals surface area contributed by atoms with Crippen LogP contribution in [0.3, 0.4) is 0 Å². The fourth-order valence-corrected chi connectivity index (χ4v) is 1.24. The molecule has 0 aliphatic rings. The molecule has 1 aromatic heterocycles. The van der Waals surface area contributed by atoms with E-state index in [4.69, 9.17) is 6.42 Å². The van der Waals surface area contributed by atoms with Crippen LogP contribution in [0.25, 0.3) is 0 Å². The van der Waals surface area contributed by atoms with Crippen LogP contribution < -0.4 is 0 Å². The first kappa shape index (κ1) is 12.7. The third kappa shape index (κ3) is 2.82. The van der Waals surface area contributed by atoms with E-state index in [9.17, 15) is 0 Å². The molecule has 2 nitrogen and oxygen atoms in total. The molecule has 0 radical (unpaired) electrons. The van der Waals surface area contributed by atoms with Crippen LogP contribution in [0.4, 0.5) is 0 Å². The molecular formula is C14H20N2. The van der Waals surface area contributed by atoms with Crippen molar-refractivity contribution in [2.45, 2.75) is 52.4 Å². The van der Waals surface area contributed by atoms with Gasteiger partial charge in [0.15, 0.2) is 0 Å². The Kier molecular flexibility index (Phi) is 3.10. The second kappa shape index (κ2) is 3.90. The maximum atomic E-state index is 5.43. The van der Waals surface area contributed by atoms with E-state index >= 15 is 0 Å². The molecule has 1 heterocycles. The quantitative estimate of drug-likeness (QED) is 0.623. The number of hydrogen-bond donors (Lipinski definition) is 0. The van der Waals surface area contributed by atoms with Gasteiger partial charge in [0.2, 0.25) is 0 Å². The van der Waals surface area contributed by atoms with Gasteiger partial charge < -0.3 is 0 Å². The minimum absolute atomic E-state index is 0.00542. The average molecular weight is 216 g/mol. The number of hydrogen-bond acceptors (Lipinski definition) is 2. The molecule has 0 aliphatic carbocycles. The fraction of sp³-hybridized carbons (Fsp3) is 0.571. The van der Waals surface area contributed by atoms with Crippen LogP contribution in [0.15, 0.2) is 6.07 Å². The van der Waals surface area contributed by atoms with Gasteiger partial charge in [0.25, 0.3) is 0 Å². The maximum absolute atomic E-state index is 5.43. The van der Waals surface area contributed by atoms with E-state index in [0.29, 0.717) is 5.69 Å². The third-order valence-electron chi connectivity index (χ3n) is 2.31. The molecule has 0 bridgehead atoms. The third-order valence-corrected chi connectivity index (χ3v) is 2.31. The molecule has 0 N–H and O–H groups in total. The normalized spacial score (nSPS) is 12.3. The molecule has 2 heteroatoms. The van der Waals surface area contributed by atoms with Crippen molar-refractivity contribution >= 4 is 0 Å². The number of aromatic nitrogens is 2. The van der Waals surface area contributed by atoms with Crippen molar-refractivity contribution in [1.82, 2.24) is 9.97 Å². The lowest BCUT2D eigenvalue weighted by Gasteiger charge is -2.22. The number of nitrogens with zero attached hydrogens (tertiary/aromatic N) is 2. The Labute approximate surface area is 98.5 Å². The Bertz CT molecular complexity index is 393. The number of rotatable bonds is 0. The Hall–Kier alpha value is -1.36. The van der Waals surface area contributed by atoms with E-state index in [-0.39, 0.29) is 10.8 Å². The van der Waals surface area contributed by atoms with E-state index in [0.717, 1.165) is 11.5 Å². The molecule has 0 aliphatic heterocycles. The van der Waals surface area contributed by atoms with E-state index in [1.54, 1.807) is 0 Å². The van der Waals surface area contributed by atoms with Gasteiger partial charge >= 0.3 is 0 Å². The summed E-state index contributed by atoms with van der Waals surface area (Å²) in [5, 5.41) is 0. The Morgan fingerprint density at radius 3 is 1.94 bits per heavy atom. The van der Waals surface area contributed by atoms with Gasteiger partial charge in [-0.1, -0.05) is 47.5 Å². The van der Waals surface area contributed by atoms with E-state index in [2.05, 4.69) is 57.4 Å². The first-order valence-electron chi connectivity index (χ1n) is 5.51. The van der Waals surface area contributed by atoms with Crippen LogP contribution in [0.1, 0.15) is 58.8 Å². The van der Waals surface area contributed by atoms with Crippen molar-refractivity contribution in [2.24, 2.45) is 0 Å².